The first-order valence-corrected chi connectivity index (χ1v) is 8.55. The molecule has 0 bridgehead atoms. The maximum Gasteiger partial charge on any atom is 0.157 e. The van der Waals surface area contributed by atoms with E-state index in [9.17, 15) is 0 Å². The van der Waals surface area contributed by atoms with Crippen LogP contribution in [0.15, 0.2) is 30.3 Å². The van der Waals surface area contributed by atoms with Gasteiger partial charge in [0.2, 0.25) is 0 Å². The molecule has 1 aromatic carbocycles. The van der Waals surface area contributed by atoms with Gasteiger partial charge in [-0.15, -0.1) is 0 Å². The van der Waals surface area contributed by atoms with Crippen molar-refractivity contribution in [3.05, 3.63) is 41.6 Å². The van der Waals surface area contributed by atoms with E-state index in [1.54, 1.807) is 0 Å². The molecule has 22 heavy (non-hydrogen) atoms. The fraction of sp³-hybridized carbons (Fsp3) is 0.500. The Kier molecular flexibility index (Phi) is 3.85. The van der Waals surface area contributed by atoms with Crippen LogP contribution in [0.1, 0.15) is 49.4 Å². The Balaban J connectivity index is 1.67. The number of hydrogen-bond acceptors (Lipinski definition) is 3. The average molecular weight is 296 g/mol. The summed E-state index contributed by atoms with van der Waals surface area (Å²) in [4.78, 5) is 0. The minimum atomic E-state index is 0.604. The third-order valence-corrected chi connectivity index (χ3v) is 4.92. The van der Waals surface area contributed by atoms with Gasteiger partial charge in [0, 0.05) is 36.5 Å². The fourth-order valence-corrected chi connectivity index (χ4v) is 3.76. The molecule has 0 saturated heterocycles. The van der Waals surface area contributed by atoms with Crippen LogP contribution in [0.25, 0.3) is 0 Å². The van der Waals surface area contributed by atoms with Crippen molar-refractivity contribution >= 4 is 11.5 Å². The lowest BCUT2D eigenvalue weighted by Gasteiger charge is -2.25. The zero-order valence-corrected chi connectivity index (χ0v) is 13.0. The number of para-hydroxylation sites is 1. The monoisotopic (exact) mass is 296 g/mol. The summed E-state index contributed by atoms with van der Waals surface area (Å²) in [6.07, 6.45) is 7.74. The first-order valence-electron chi connectivity index (χ1n) is 8.55. The SMILES string of the molecule is c1ccc(Nc2nn(C3CCCCC3)c3c2CNCC3)cc1. The zero-order valence-electron chi connectivity index (χ0n) is 13.0. The van der Waals surface area contributed by atoms with Gasteiger partial charge in [-0.1, -0.05) is 37.5 Å². The Labute approximate surface area is 131 Å². The van der Waals surface area contributed by atoms with Crippen LogP contribution in [0.2, 0.25) is 0 Å². The maximum atomic E-state index is 4.98. The van der Waals surface area contributed by atoms with Crippen molar-refractivity contribution in [2.75, 3.05) is 11.9 Å². The Bertz CT molecular complexity index is 626. The highest BCUT2D eigenvalue weighted by Crippen LogP contribution is 2.33. The van der Waals surface area contributed by atoms with Gasteiger partial charge in [0.1, 0.15) is 0 Å². The lowest BCUT2D eigenvalue weighted by atomic mass is 9.95. The van der Waals surface area contributed by atoms with Crippen molar-refractivity contribution in [3.63, 3.8) is 0 Å². The van der Waals surface area contributed by atoms with Gasteiger partial charge >= 0.3 is 0 Å². The maximum absolute atomic E-state index is 4.98. The quantitative estimate of drug-likeness (QED) is 0.906. The van der Waals surface area contributed by atoms with E-state index in [4.69, 9.17) is 5.10 Å². The van der Waals surface area contributed by atoms with Crippen LogP contribution in [0, 0.1) is 0 Å². The predicted molar refractivity (Wildman–Crippen MR) is 89.5 cm³/mol. The Morgan fingerprint density at radius 1 is 1.09 bits per heavy atom. The third kappa shape index (κ3) is 2.63. The minimum absolute atomic E-state index is 0.604. The molecule has 0 atom stereocenters. The fourth-order valence-electron chi connectivity index (χ4n) is 3.76. The van der Waals surface area contributed by atoms with Gasteiger partial charge in [0.05, 0.1) is 6.04 Å². The van der Waals surface area contributed by atoms with Crippen LogP contribution in [0.3, 0.4) is 0 Å². The topological polar surface area (TPSA) is 41.9 Å². The van der Waals surface area contributed by atoms with Gasteiger partial charge in [-0.2, -0.15) is 5.10 Å². The highest BCUT2D eigenvalue weighted by molar-refractivity contribution is 5.60. The lowest BCUT2D eigenvalue weighted by Crippen LogP contribution is -2.26. The molecule has 2 N–H and O–H groups in total. The van der Waals surface area contributed by atoms with Crippen molar-refractivity contribution in [2.45, 2.75) is 51.1 Å². The third-order valence-electron chi connectivity index (χ3n) is 4.92. The van der Waals surface area contributed by atoms with Gasteiger partial charge in [-0.05, 0) is 25.0 Å². The Morgan fingerprint density at radius 2 is 1.91 bits per heavy atom. The molecule has 0 radical (unpaired) electrons. The molecule has 1 fully saturated rings. The predicted octanol–water partition coefficient (Wildman–Crippen LogP) is 3.78. The van der Waals surface area contributed by atoms with E-state index in [1.165, 1.54) is 43.4 Å². The van der Waals surface area contributed by atoms with Crippen LogP contribution in [-0.2, 0) is 13.0 Å². The molecule has 0 spiro atoms. The smallest absolute Gasteiger partial charge is 0.157 e. The molecule has 0 amide bonds. The molecule has 4 heteroatoms. The van der Waals surface area contributed by atoms with Crippen LogP contribution < -0.4 is 10.6 Å². The summed E-state index contributed by atoms with van der Waals surface area (Å²) in [5.74, 6) is 1.04. The summed E-state index contributed by atoms with van der Waals surface area (Å²) in [5.41, 5.74) is 3.92. The van der Waals surface area contributed by atoms with Crippen LogP contribution in [0.5, 0.6) is 0 Å². The molecule has 1 saturated carbocycles. The standard InChI is InChI=1S/C18H24N4/c1-3-7-14(8-4-1)20-18-16-13-19-12-11-17(16)22(21-18)15-9-5-2-6-10-15/h1,3-4,7-8,15,19H,2,5-6,9-13H2,(H,20,21). The van der Waals surface area contributed by atoms with E-state index in [-0.39, 0.29) is 0 Å². The highest BCUT2D eigenvalue weighted by atomic mass is 15.3. The van der Waals surface area contributed by atoms with Gasteiger partial charge in [0.15, 0.2) is 5.82 Å². The van der Waals surface area contributed by atoms with Crippen molar-refractivity contribution in [2.24, 2.45) is 0 Å². The molecule has 2 aromatic rings. The summed E-state index contributed by atoms with van der Waals surface area (Å²) in [7, 11) is 0. The van der Waals surface area contributed by atoms with Gasteiger partial charge < -0.3 is 10.6 Å². The number of hydrogen-bond donors (Lipinski definition) is 2. The first kappa shape index (κ1) is 13.8. The average Bonchev–Trinajstić information content (AvgIpc) is 2.96. The number of nitrogens with zero attached hydrogens (tertiary/aromatic N) is 2. The van der Waals surface area contributed by atoms with E-state index in [0.717, 1.165) is 31.0 Å². The first-order chi connectivity index (χ1) is 10.9. The number of fused-ring (bicyclic) bond motifs is 1. The van der Waals surface area contributed by atoms with Crippen LogP contribution in [-0.4, -0.2) is 16.3 Å². The van der Waals surface area contributed by atoms with Crippen LogP contribution >= 0.6 is 0 Å². The molecule has 1 aliphatic heterocycles. The van der Waals surface area contributed by atoms with Gasteiger partial charge in [-0.3, -0.25) is 4.68 Å². The molecule has 1 aromatic heterocycles. The van der Waals surface area contributed by atoms with E-state index in [0.29, 0.717) is 6.04 Å². The molecule has 116 valence electrons. The number of rotatable bonds is 3. The largest absolute Gasteiger partial charge is 0.338 e. The number of anilines is 2. The summed E-state index contributed by atoms with van der Waals surface area (Å²) < 4.78 is 2.35. The second kappa shape index (κ2) is 6.13. The molecule has 2 aliphatic rings. The van der Waals surface area contributed by atoms with E-state index < -0.39 is 0 Å². The van der Waals surface area contributed by atoms with Crippen molar-refractivity contribution in [3.8, 4) is 0 Å². The lowest BCUT2D eigenvalue weighted by molar-refractivity contribution is 0.320. The minimum Gasteiger partial charge on any atom is -0.338 e. The molecule has 4 nitrogen and oxygen atoms in total. The van der Waals surface area contributed by atoms with E-state index >= 15 is 0 Å². The summed E-state index contributed by atoms with van der Waals surface area (Å²) in [5, 5.41) is 12.0. The molecular weight excluding hydrogens is 272 g/mol. The Morgan fingerprint density at radius 3 is 2.73 bits per heavy atom. The van der Waals surface area contributed by atoms with Crippen molar-refractivity contribution in [1.29, 1.82) is 0 Å². The number of nitrogens with one attached hydrogen (secondary N) is 2. The summed E-state index contributed by atoms with van der Waals surface area (Å²) in [6, 6.07) is 11.0. The van der Waals surface area contributed by atoms with E-state index in [2.05, 4.69) is 39.6 Å². The molecule has 4 rings (SSSR count). The second-order valence-corrected chi connectivity index (χ2v) is 6.43. The number of aromatic nitrogens is 2. The van der Waals surface area contributed by atoms with Crippen molar-refractivity contribution in [1.82, 2.24) is 15.1 Å². The van der Waals surface area contributed by atoms with Crippen molar-refractivity contribution < 1.29 is 0 Å². The molecule has 0 unspecified atom stereocenters. The zero-order chi connectivity index (χ0) is 14.8. The van der Waals surface area contributed by atoms with Crippen LogP contribution in [0.4, 0.5) is 11.5 Å². The summed E-state index contributed by atoms with van der Waals surface area (Å²) in [6.45, 7) is 1.99. The molecule has 2 heterocycles. The van der Waals surface area contributed by atoms with E-state index in [1.807, 2.05) is 6.07 Å². The summed E-state index contributed by atoms with van der Waals surface area (Å²) >= 11 is 0. The second-order valence-electron chi connectivity index (χ2n) is 6.43. The van der Waals surface area contributed by atoms with Gasteiger partial charge in [-0.25, -0.2) is 0 Å². The Hall–Kier alpha value is -1.81. The molecular formula is C18H24N4. The highest BCUT2D eigenvalue weighted by Gasteiger charge is 2.25. The molecule has 1 aliphatic carbocycles. The van der Waals surface area contributed by atoms with Gasteiger partial charge in [0.25, 0.3) is 0 Å². The number of benzene rings is 1. The normalized spacial score (nSPS) is 18.9.